The first-order valence-corrected chi connectivity index (χ1v) is 8.80. The number of rotatable bonds is 8. The molecule has 2 aromatic heterocycles. The van der Waals surface area contributed by atoms with E-state index in [9.17, 15) is 18.0 Å². The Morgan fingerprint density at radius 2 is 1.83 bits per heavy atom. The fourth-order valence-corrected chi connectivity index (χ4v) is 2.65. The Balaban J connectivity index is 0.00000392. The lowest BCUT2D eigenvalue weighted by atomic mass is 10.1. The van der Waals surface area contributed by atoms with E-state index in [0.717, 1.165) is 30.8 Å². The van der Waals surface area contributed by atoms with Crippen molar-refractivity contribution in [1.82, 2.24) is 25.4 Å². The van der Waals surface area contributed by atoms with E-state index >= 15 is 0 Å². The van der Waals surface area contributed by atoms with E-state index in [-0.39, 0.29) is 43.0 Å². The van der Waals surface area contributed by atoms with Crippen molar-refractivity contribution < 1.29 is 18.0 Å². The molecule has 2 heterocycles. The van der Waals surface area contributed by atoms with Gasteiger partial charge in [-0.25, -0.2) is 9.67 Å². The Morgan fingerprint density at radius 3 is 2.38 bits per heavy atom. The number of carbonyl (C=O) groups excluding carboxylic acids is 1. The zero-order valence-electron chi connectivity index (χ0n) is 16.5. The number of aromatic nitrogens is 3. The molecule has 29 heavy (non-hydrogen) atoms. The number of carbonyl (C=O) groups is 1. The molecule has 11 heteroatoms. The fourth-order valence-electron chi connectivity index (χ4n) is 2.65. The SMILES string of the molecule is CCCNCCNC(=O)Cc1c(C)nn(-c2ccc(C(F)(F)F)cn2)c1C.Cl.Cl. The molecule has 0 aliphatic carbocycles. The molecule has 0 radical (unpaired) electrons. The van der Waals surface area contributed by atoms with E-state index in [1.165, 1.54) is 10.7 Å². The highest BCUT2D eigenvalue weighted by molar-refractivity contribution is 5.85. The lowest BCUT2D eigenvalue weighted by Gasteiger charge is -2.08. The topological polar surface area (TPSA) is 71.8 Å². The third-order valence-electron chi connectivity index (χ3n) is 4.12. The summed E-state index contributed by atoms with van der Waals surface area (Å²) in [7, 11) is 0. The van der Waals surface area contributed by atoms with E-state index in [1.54, 1.807) is 13.8 Å². The minimum atomic E-state index is -4.43. The van der Waals surface area contributed by atoms with E-state index < -0.39 is 11.7 Å². The maximum absolute atomic E-state index is 12.7. The molecule has 0 saturated heterocycles. The lowest BCUT2D eigenvalue weighted by Crippen LogP contribution is -2.33. The maximum Gasteiger partial charge on any atom is 0.417 e. The number of amides is 1. The third-order valence-corrected chi connectivity index (χ3v) is 4.12. The molecule has 0 aromatic carbocycles. The zero-order chi connectivity index (χ0) is 20.0. The minimum absolute atomic E-state index is 0. The van der Waals surface area contributed by atoms with Gasteiger partial charge in [-0.05, 0) is 38.9 Å². The van der Waals surface area contributed by atoms with Crippen LogP contribution in [0.2, 0.25) is 0 Å². The van der Waals surface area contributed by atoms with Crippen LogP contribution in [0, 0.1) is 13.8 Å². The van der Waals surface area contributed by atoms with E-state index in [4.69, 9.17) is 0 Å². The molecule has 2 N–H and O–H groups in total. The molecular formula is C18H26Cl2F3N5O. The highest BCUT2D eigenvalue weighted by atomic mass is 35.5. The van der Waals surface area contributed by atoms with Gasteiger partial charge in [-0.15, -0.1) is 24.8 Å². The van der Waals surface area contributed by atoms with E-state index in [1.807, 2.05) is 0 Å². The Labute approximate surface area is 180 Å². The summed E-state index contributed by atoms with van der Waals surface area (Å²) in [6, 6.07) is 2.24. The van der Waals surface area contributed by atoms with Crippen LogP contribution >= 0.6 is 24.8 Å². The molecule has 0 bridgehead atoms. The molecule has 0 aliphatic heterocycles. The second-order valence-corrected chi connectivity index (χ2v) is 6.24. The van der Waals surface area contributed by atoms with Gasteiger partial charge in [0.1, 0.15) is 0 Å². The molecule has 6 nitrogen and oxygen atoms in total. The summed E-state index contributed by atoms with van der Waals surface area (Å²) in [6.45, 7) is 7.74. The van der Waals surface area contributed by atoms with Crippen LogP contribution in [0.15, 0.2) is 18.3 Å². The number of halogens is 5. The predicted octanol–water partition coefficient (Wildman–Crippen LogP) is 3.40. The third kappa shape index (κ3) is 7.49. The summed E-state index contributed by atoms with van der Waals surface area (Å²) in [5, 5.41) is 10.4. The Morgan fingerprint density at radius 1 is 1.14 bits per heavy atom. The predicted molar refractivity (Wildman–Crippen MR) is 110 cm³/mol. The zero-order valence-corrected chi connectivity index (χ0v) is 18.1. The second-order valence-electron chi connectivity index (χ2n) is 6.24. The van der Waals surface area contributed by atoms with Crippen molar-refractivity contribution in [2.75, 3.05) is 19.6 Å². The normalized spacial score (nSPS) is 10.8. The summed E-state index contributed by atoms with van der Waals surface area (Å²) >= 11 is 0. The second kappa shape index (κ2) is 12.0. The van der Waals surface area contributed by atoms with Crippen LogP contribution in [0.4, 0.5) is 13.2 Å². The van der Waals surface area contributed by atoms with Crippen LogP contribution in [-0.4, -0.2) is 40.3 Å². The molecule has 0 aliphatic rings. The number of pyridine rings is 1. The minimum Gasteiger partial charge on any atom is -0.355 e. The fraction of sp³-hybridized carbons (Fsp3) is 0.500. The van der Waals surface area contributed by atoms with Crippen LogP contribution in [-0.2, 0) is 17.4 Å². The van der Waals surface area contributed by atoms with E-state index in [2.05, 4.69) is 27.6 Å². The first kappa shape index (κ1) is 27.2. The van der Waals surface area contributed by atoms with Gasteiger partial charge in [0.2, 0.25) is 5.91 Å². The Kier molecular flexibility index (Phi) is 11.2. The average Bonchev–Trinajstić information content (AvgIpc) is 2.89. The molecule has 0 spiro atoms. The lowest BCUT2D eigenvalue weighted by molar-refractivity contribution is -0.137. The van der Waals surface area contributed by atoms with E-state index in [0.29, 0.717) is 24.5 Å². The van der Waals surface area contributed by atoms with Crippen LogP contribution in [0.25, 0.3) is 5.82 Å². The summed E-state index contributed by atoms with van der Waals surface area (Å²) in [6.07, 6.45) is -2.47. The maximum atomic E-state index is 12.7. The van der Waals surface area contributed by atoms with Gasteiger partial charge in [-0.1, -0.05) is 6.92 Å². The van der Waals surface area contributed by atoms with Crippen LogP contribution in [0.5, 0.6) is 0 Å². The molecule has 2 aromatic rings. The first-order valence-electron chi connectivity index (χ1n) is 8.80. The van der Waals surface area contributed by atoms with Gasteiger partial charge in [-0.2, -0.15) is 18.3 Å². The number of nitrogens with one attached hydrogen (secondary N) is 2. The van der Waals surface area contributed by atoms with Gasteiger partial charge in [0.15, 0.2) is 5.82 Å². The molecule has 0 unspecified atom stereocenters. The summed E-state index contributed by atoms with van der Waals surface area (Å²) in [5.74, 6) is 0.151. The molecule has 164 valence electrons. The van der Waals surface area contributed by atoms with Gasteiger partial charge in [0.05, 0.1) is 17.7 Å². The van der Waals surface area contributed by atoms with Gasteiger partial charge >= 0.3 is 6.18 Å². The van der Waals surface area contributed by atoms with Crippen molar-refractivity contribution in [3.63, 3.8) is 0 Å². The highest BCUT2D eigenvalue weighted by Crippen LogP contribution is 2.29. The largest absolute Gasteiger partial charge is 0.417 e. The van der Waals surface area contributed by atoms with Gasteiger partial charge < -0.3 is 10.6 Å². The van der Waals surface area contributed by atoms with Crippen molar-refractivity contribution in [3.05, 3.63) is 40.8 Å². The Bertz CT molecular complexity index is 779. The average molecular weight is 456 g/mol. The van der Waals surface area contributed by atoms with Crippen molar-refractivity contribution in [2.24, 2.45) is 0 Å². The first-order chi connectivity index (χ1) is 12.7. The van der Waals surface area contributed by atoms with Crippen LogP contribution in [0.1, 0.15) is 35.9 Å². The molecule has 1 amide bonds. The molecule has 2 rings (SSSR count). The number of aryl methyl sites for hydroxylation is 1. The van der Waals surface area contributed by atoms with Crippen molar-refractivity contribution in [1.29, 1.82) is 0 Å². The van der Waals surface area contributed by atoms with Crippen molar-refractivity contribution >= 4 is 30.7 Å². The molecule has 0 fully saturated rings. The summed E-state index contributed by atoms with van der Waals surface area (Å²) < 4.78 is 39.5. The summed E-state index contributed by atoms with van der Waals surface area (Å²) in [4.78, 5) is 16.0. The standard InChI is InChI=1S/C18H24F3N5O.2ClH/c1-4-7-22-8-9-23-17(27)10-15-12(2)25-26(13(15)3)16-6-5-14(11-24-16)18(19,20)21;;/h5-6,11,22H,4,7-10H2,1-3H3,(H,23,27);2*1H. The number of hydrogen-bond donors (Lipinski definition) is 2. The Hall–Kier alpha value is -1.84. The van der Waals surface area contributed by atoms with Crippen LogP contribution in [0.3, 0.4) is 0 Å². The summed E-state index contributed by atoms with van der Waals surface area (Å²) in [5.41, 5.74) is 1.26. The number of nitrogens with zero attached hydrogens (tertiary/aromatic N) is 3. The van der Waals surface area contributed by atoms with Crippen LogP contribution < -0.4 is 10.6 Å². The number of alkyl halides is 3. The quantitative estimate of drug-likeness (QED) is 0.598. The van der Waals surface area contributed by atoms with Gasteiger partial charge in [-0.3, -0.25) is 4.79 Å². The van der Waals surface area contributed by atoms with Gasteiger partial charge in [0, 0.05) is 30.5 Å². The molecule has 0 saturated carbocycles. The van der Waals surface area contributed by atoms with Crippen molar-refractivity contribution in [2.45, 2.75) is 39.8 Å². The monoisotopic (exact) mass is 455 g/mol. The number of hydrogen-bond acceptors (Lipinski definition) is 4. The van der Waals surface area contributed by atoms with Gasteiger partial charge in [0.25, 0.3) is 0 Å². The smallest absolute Gasteiger partial charge is 0.355 e. The highest BCUT2D eigenvalue weighted by Gasteiger charge is 2.30. The molecular weight excluding hydrogens is 430 g/mol. The van der Waals surface area contributed by atoms with Crippen molar-refractivity contribution in [3.8, 4) is 5.82 Å². The molecule has 0 atom stereocenters.